The van der Waals surface area contributed by atoms with E-state index in [1.807, 2.05) is 0 Å². The minimum absolute atomic E-state index is 0.122. The second kappa shape index (κ2) is 7.32. The van der Waals surface area contributed by atoms with Crippen LogP contribution in [0.25, 0.3) is 0 Å². The van der Waals surface area contributed by atoms with Crippen molar-refractivity contribution in [1.29, 1.82) is 0 Å². The van der Waals surface area contributed by atoms with Crippen LogP contribution in [0.15, 0.2) is 18.2 Å². The molecule has 1 aromatic rings. The Labute approximate surface area is 134 Å². The highest BCUT2D eigenvalue weighted by molar-refractivity contribution is 6.00. The Hall–Kier alpha value is -2.28. The predicted octanol–water partition coefficient (Wildman–Crippen LogP) is 1.41. The summed E-state index contributed by atoms with van der Waals surface area (Å²) in [5.41, 5.74) is 0.296. The largest absolute Gasteiger partial charge is 0.496 e. The molecule has 1 fully saturated rings. The summed E-state index contributed by atoms with van der Waals surface area (Å²) in [5.74, 6) is -0.477. The van der Waals surface area contributed by atoms with E-state index in [-0.39, 0.29) is 18.4 Å². The molecular formula is C16H21NO6. The molecule has 7 nitrogen and oxygen atoms in total. The van der Waals surface area contributed by atoms with Gasteiger partial charge in [-0.15, -0.1) is 0 Å². The first kappa shape index (κ1) is 17.1. The van der Waals surface area contributed by atoms with Crippen molar-refractivity contribution in [2.45, 2.75) is 25.0 Å². The number of ether oxygens (including phenoxy) is 3. The number of rotatable bonds is 6. The van der Waals surface area contributed by atoms with Crippen molar-refractivity contribution in [2.24, 2.45) is 0 Å². The number of amides is 1. The van der Waals surface area contributed by atoms with Crippen molar-refractivity contribution >= 4 is 11.9 Å². The van der Waals surface area contributed by atoms with Gasteiger partial charge in [0.05, 0.1) is 26.7 Å². The van der Waals surface area contributed by atoms with Crippen LogP contribution in [-0.4, -0.2) is 61.9 Å². The molecule has 1 amide bonds. The van der Waals surface area contributed by atoms with Crippen LogP contribution in [0, 0.1) is 0 Å². The van der Waals surface area contributed by atoms with E-state index in [1.54, 1.807) is 25.3 Å². The number of benzene rings is 1. The van der Waals surface area contributed by atoms with E-state index >= 15 is 0 Å². The fraction of sp³-hybridized carbons (Fsp3) is 0.500. The summed E-state index contributed by atoms with van der Waals surface area (Å²) in [4.78, 5) is 25.6. The third kappa shape index (κ3) is 3.56. The van der Waals surface area contributed by atoms with E-state index in [0.717, 1.165) is 0 Å². The van der Waals surface area contributed by atoms with E-state index in [0.29, 0.717) is 30.0 Å². The van der Waals surface area contributed by atoms with Crippen LogP contribution >= 0.6 is 0 Å². The summed E-state index contributed by atoms with van der Waals surface area (Å²) in [6.45, 7) is 0.342. The maximum Gasteiger partial charge on any atom is 0.305 e. The second-order valence-electron chi connectivity index (χ2n) is 5.34. The maximum atomic E-state index is 13.0. The van der Waals surface area contributed by atoms with Crippen molar-refractivity contribution < 1.29 is 28.9 Å². The third-order valence-corrected chi connectivity index (χ3v) is 4.02. The fourth-order valence-electron chi connectivity index (χ4n) is 2.89. The van der Waals surface area contributed by atoms with Gasteiger partial charge in [0.15, 0.2) is 0 Å². The quantitative estimate of drug-likeness (QED) is 0.852. The van der Waals surface area contributed by atoms with Gasteiger partial charge in [0.1, 0.15) is 17.1 Å². The lowest BCUT2D eigenvalue weighted by atomic mass is 10.1. The maximum absolute atomic E-state index is 13.0. The molecule has 1 aliphatic heterocycles. The standard InChI is InChI=1S/C16H21NO6/c1-21-11-7-10(8-14(18)19)17(9-11)16(20)15-12(22-2)5-4-6-13(15)23-3/h4-6,10-11H,7-9H2,1-3H3,(H,18,19). The molecule has 0 aliphatic carbocycles. The summed E-state index contributed by atoms with van der Waals surface area (Å²) in [6, 6.07) is 4.66. The highest BCUT2D eigenvalue weighted by atomic mass is 16.5. The molecule has 7 heteroatoms. The average molecular weight is 323 g/mol. The number of methoxy groups -OCH3 is 3. The van der Waals surface area contributed by atoms with Crippen LogP contribution in [0.4, 0.5) is 0 Å². The Balaban J connectivity index is 2.36. The molecule has 0 radical (unpaired) electrons. The minimum Gasteiger partial charge on any atom is -0.496 e. The van der Waals surface area contributed by atoms with Crippen LogP contribution in [0.2, 0.25) is 0 Å². The van der Waals surface area contributed by atoms with E-state index in [4.69, 9.17) is 19.3 Å². The minimum atomic E-state index is -0.948. The number of carboxylic acids is 1. The van der Waals surface area contributed by atoms with Crippen molar-refractivity contribution in [1.82, 2.24) is 4.90 Å². The Morgan fingerprint density at radius 3 is 2.30 bits per heavy atom. The molecule has 0 saturated carbocycles. The zero-order valence-corrected chi connectivity index (χ0v) is 13.4. The molecule has 2 rings (SSSR count). The fourth-order valence-corrected chi connectivity index (χ4v) is 2.89. The number of nitrogens with zero attached hydrogens (tertiary/aromatic N) is 1. The zero-order chi connectivity index (χ0) is 17.0. The second-order valence-corrected chi connectivity index (χ2v) is 5.34. The molecule has 1 heterocycles. The van der Waals surface area contributed by atoms with E-state index in [9.17, 15) is 9.59 Å². The predicted molar refractivity (Wildman–Crippen MR) is 82.0 cm³/mol. The van der Waals surface area contributed by atoms with Crippen molar-refractivity contribution in [3.05, 3.63) is 23.8 Å². The summed E-state index contributed by atoms with van der Waals surface area (Å²) in [6.07, 6.45) is 0.193. The molecule has 1 N–H and O–H groups in total. The van der Waals surface area contributed by atoms with Crippen LogP contribution in [-0.2, 0) is 9.53 Å². The Morgan fingerprint density at radius 1 is 1.22 bits per heavy atom. The van der Waals surface area contributed by atoms with Gasteiger partial charge in [-0.05, 0) is 18.6 Å². The number of hydrogen-bond acceptors (Lipinski definition) is 5. The van der Waals surface area contributed by atoms with Crippen molar-refractivity contribution in [3.63, 3.8) is 0 Å². The van der Waals surface area contributed by atoms with Crippen LogP contribution in [0.5, 0.6) is 11.5 Å². The molecule has 23 heavy (non-hydrogen) atoms. The van der Waals surface area contributed by atoms with Gasteiger partial charge in [0, 0.05) is 19.7 Å². The van der Waals surface area contributed by atoms with Crippen molar-refractivity contribution in [2.75, 3.05) is 27.9 Å². The molecule has 1 aromatic carbocycles. The number of carbonyl (C=O) groups is 2. The topological polar surface area (TPSA) is 85.3 Å². The molecule has 0 aromatic heterocycles. The number of carboxylic acid groups (broad SMARTS) is 1. The lowest BCUT2D eigenvalue weighted by molar-refractivity contribution is -0.137. The molecular weight excluding hydrogens is 302 g/mol. The Bertz CT molecular complexity index is 566. The Kier molecular flexibility index (Phi) is 5.44. The molecule has 1 saturated heterocycles. The monoisotopic (exact) mass is 323 g/mol. The van der Waals surface area contributed by atoms with E-state index in [2.05, 4.69) is 0 Å². The number of hydrogen-bond donors (Lipinski definition) is 1. The molecule has 0 spiro atoms. The molecule has 2 unspecified atom stereocenters. The van der Waals surface area contributed by atoms with E-state index in [1.165, 1.54) is 19.1 Å². The van der Waals surface area contributed by atoms with Crippen LogP contribution in [0.1, 0.15) is 23.2 Å². The van der Waals surface area contributed by atoms with Gasteiger partial charge in [-0.1, -0.05) is 6.07 Å². The lowest BCUT2D eigenvalue weighted by Gasteiger charge is -2.25. The highest BCUT2D eigenvalue weighted by Crippen LogP contribution is 2.33. The summed E-state index contributed by atoms with van der Waals surface area (Å²) < 4.78 is 15.8. The van der Waals surface area contributed by atoms with Crippen LogP contribution < -0.4 is 9.47 Å². The van der Waals surface area contributed by atoms with Gasteiger partial charge >= 0.3 is 5.97 Å². The van der Waals surface area contributed by atoms with E-state index < -0.39 is 12.0 Å². The number of aliphatic carboxylic acids is 1. The first-order valence-electron chi connectivity index (χ1n) is 7.28. The first-order chi connectivity index (χ1) is 11.0. The number of carbonyl (C=O) groups excluding carboxylic acids is 1. The summed E-state index contributed by atoms with van der Waals surface area (Å²) in [5, 5.41) is 9.08. The SMILES string of the molecule is COc1cccc(OC)c1C(=O)N1CC(OC)CC1CC(=O)O. The zero-order valence-electron chi connectivity index (χ0n) is 13.4. The summed E-state index contributed by atoms with van der Waals surface area (Å²) >= 11 is 0. The Morgan fingerprint density at radius 2 is 1.83 bits per heavy atom. The molecule has 2 atom stereocenters. The van der Waals surface area contributed by atoms with Gasteiger partial charge in [-0.25, -0.2) is 0 Å². The van der Waals surface area contributed by atoms with Gasteiger partial charge in [-0.2, -0.15) is 0 Å². The van der Waals surface area contributed by atoms with Crippen LogP contribution in [0.3, 0.4) is 0 Å². The van der Waals surface area contributed by atoms with Gasteiger partial charge in [0.25, 0.3) is 5.91 Å². The molecule has 1 aliphatic rings. The third-order valence-electron chi connectivity index (χ3n) is 4.02. The number of likely N-dealkylation sites (tertiary alicyclic amines) is 1. The highest BCUT2D eigenvalue weighted by Gasteiger charge is 2.38. The summed E-state index contributed by atoms with van der Waals surface area (Å²) in [7, 11) is 4.50. The van der Waals surface area contributed by atoms with Crippen molar-refractivity contribution in [3.8, 4) is 11.5 Å². The smallest absolute Gasteiger partial charge is 0.305 e. The average Bonchev–Trinajstić information content (AvgIpc) is 2.95. The molecule has 0 bridgehead atoms. The first-order valence-corrected chi connectivity index (χ1v) is 7.28. The van der Waals surface area contributed by atoms with Gasteiger partial charge < -0.3 is 24.2 Å². The molecule has 126 valence electrons. The normalized spacial score (nSPS) is 20.4. The lowest BCUT2D eigenvalue weighted by Crippen LogP contribution is -2.37. The van der Waals surface area contributed by atoms with Gasteiger partial charge in [0.2, 0.25) is 0 Å². The van der Waals surface area contributed by atoms with Gasteiger partial charge in [-0.3, -0.25) is 9.59 Å².